The summed E-state index contributed by atoms with van der Waals surface area (Å²) >= 11 is 3.39. The number of carbonyl (C=O) groups is 2. The number of likely N-dealkylation sites (tertiary alicyclic amines) is 1. The van der Waals surface area contributed by atoms with E-state index in [2.05, 4.69) is 15.9 Å². The standard InChI is InChI=1S/C16H20BrNO6/c1-21-11-8-9(12(17)14(23-3)13(11)22-2)15(19)18-7-5-6-10(18)16(20)24-4/h8,10H,5-7H2,1-4H3. The summed E-state index contributed by atoms with van der Waals surface area (Å²) in [6.45, 7) is 0.488. The maximum atomic E-state index is 13.0. The molecule has 24 heavy (non-hydrogen) atoms. The number of amides is 1. The first kappa shape index (κ1) is 18.4. The van der Waals surface area contributed by atoms with Crippen molar-refractivity contribution in [2.24, 2.45) is 0 Å². The molecule has 1 fully saturated rings. The zero-order valence-corrected chi connectivity index (χ0v) is 15.6. The summed E-state index contributed by atoms with van der Waals surface area (Å²) in [7, 11) is 5.76. The second kappa shape index (κ2) is 7.74. The van der Waals surface area contributed by atoms with Crippen molar-refractivity contribution in [3.05, 3.63) is 16.1 Å². The highest BCUT2D eigenvalue weighted by molar-refractivity contribution is 9.10. The van der Waals surface area contributed by atoms with Crippen molar-refractivity contribution in [1.82, 2.24) is 4.90 Å². The van der Waals surface area contributed by atoms with Crippen LogP contribution in [0, 0.1) is 0 Å². The van der Waals surface area contributed by atoms with Gasteiger partial charge in [0.2, 0.25) is 5.75 Å². The zero-order valence-electron chi connectivity index (χ0n) is 14.1. The second-order valence-electron chi connectivity index (χ2n) is 5.19. The third-order valence-electron chi connectivity index (χ3n) is 3.99. The second-order valence-corrected chi connectivity index (χ2v) is 5.98. The monoisotopic (exact) mass is 401 g/mol. The predicted molar refractivity (Wildman–Crippen MR) is 89.9 cm³/mol. The topological polar surface area (TPSA) is 74.3 Å². The van der Waals surface area contributed by atoms with E-state index in [1.165, 1.54) is 33.3 Å². The Labute approximate surface area is 148 Å². The summed E-state index contributed by atoms with van der Waals surface area (Å²) in [6, 6.07) is 0.994. The number of hydrogen-bond donors (Lipinski definition) is 0. The van der Waals surface area contributed by atoms with Gasteiger partial charge in [0.05, 0.1) is 38.5 Å². The van der Waals surface area contributed by atoms with E-state index in [9.17, 15) is 9.59 Å². The Morgan fingerprint density at radius 1 is 1.12 bits per heavy atom. The Balaban J connectivity index is 2.48. The van der Waals surface area contributed by atoms with Crippen LogP contribution < -0.4 is 14.2 Å². The molecule has 1 heterocycles. The lowest BCUT2D eigenvalue weighted by Crippen LogP contribution is -2.41. The van der Waals surface area contributed by atoms with Gasteiger partial charge in [0.15, 0.2) is 11.5 Å². The molecule has 2 rings (SSSR count). The number of halogens is 1. The molecule has 0 radical (unpaired) electrons. The molecule has 0 aromatic heterocycles. The quantitative estimate of drug-likeness (QED) is 0.704. The van der Waals surface area contributed by atoms with Crippen LogP contribution in [0.15, 0.2) is 10.5 Å². The van der Waals surface area contributed by atoms with E-state index in [-0.39, 0.29) is 5.91 Å². The van der Waals surface area contributed by atoms with Gasteiger partial charge in [-0.2, -0.15) is 0 Å². The first-order valence-corrected chi connectivity index (χ1v) is 8.16. The molecule has 1 aliphatic rings. The molecule has 1 aliphatic heterocycles. The van der Waals surface area contributed by atoms with E-state index in [1.54, 1.807) is 6.07 Å². The average Bonchev–Trinajstić information content (AvgIpc) is 3.09. The molecule has 1 unspecified atom stereocenters. The van der Waals surface area contributed by atoms with E-state index < -0.39 is 12.0 Å². The number of nitrogens with zero attached hydrogens (tertiary/aromatic N) is 1. The van der Waals surface area contributed by atoms with Gasteiger partial charge in [0, 0.05) is 6.54 Å². The minimum atomic E-state index is -0.575. The van der Waals surface area contributed by atoms with Crippen molar-refractivity contribution in [3.63, 3.8) is 0 Å². The number of methoxy groups -OCH3 is 4. The largest absolute Gasteiger partial charge is 0.493 e. The fourth-order valence-electron chi connectivity index (χ4n) is 2.82. The van der Waals surface area contributed by atoms with Gasteiger partial charge in [-0.3, -0.25) is 4.79 Å². The number of ether oxygens (including phenoxy) is 4. The summed E-state index contributed by atoms with van der Waals surface area (Å²) in [5, 5.41) is 0. The highest BCUT2D eigenvalue weighted by atomic mass is 79.9. The molecule has 0 spiro atoms. The van der Waals surface area contributed by atoms with Gasteiger partial charge in [-0.05, 0) is 34.8 Å². The summed E-state index contributed by atoms with van der Waals surface area (Å²) in [6.07, 6.45) is 1.33. The SMILES string of the molecule is COC(=O)C1CCCN1C(=O)c1cc(OC)c(OC)c(OC)c1Br. The fourth-order valence-corrected chi connectivity index (χ4v) is 3.45. The van der Waals surface area contributed by atoms with Gasteiger partial charge in [-0.1, -0.05) is 0 Å². The highest BCUT2D eigenvalue weighted by Crippen LogP contribution is 2.45. The molecule has 7 nitrogen and oxygen atoms in total. The first-order valence-electron chi connectivity index (χ1n) is 7.37. The molecule has 1 amide bonds. The zero-order chi connectivity index (χ0) is 17.9. The summed E-state index contributed by atoms with van der Waals surface area (Å²) in [4.78, 5) is 26.4. The molecule has 1 atom stereocenters. The molecule has 0 aliphatic carbocycles. The Bertz CT molecular complexity index is 648. The van der Waals surface area contributed by atoms with E-state index >= 15 is 0 Å². The summed E-state index contributed by atoms with van der Waals surface area (Å²) in [5.41, 5.74) is 0.334. The third-order valence-corrected chi connectivity index (χ3v) is 4.77. The maximum absolute atomic E-state index is 13.0. The lowest BCUT2D eigenvalue weighted by atomic mass is 10.1. The van der Waals surface area contributed by atoms with Crippen LogP contribution in [0.2, 0.25) is 0 Å². The van der Waals surface area contributed by atoms with Crippen LogP contribution in [-0.2, 0) is 9.53 Å². The van der Waals surface area contributed by atoms with Crippen molar-refractivity contribution in [2.75, 3.05) is 35.0 Å². The van der Waals surface area contributed by atoms with Crippen molar-refractivity contribution < 1.29 is 28.5 Å². The predicted octanol–water partition coefficient (Wildman–Crippen LogP) is 2.25. The van der Waals surface area contributed by atoms with Gasteiger partial charge in [0.25, 0.3) is 5.91 Å². The molecule has 132 valence electrons. The molecular formula is C16H20BrNO6. The summed E-state index contributed by atoms with van der Waals surface area (Å²) < 4.78 is 21.2. The van der Waals surface area contributed by atoms with Crippen molar-refractivity contribution in [2.45, 2.75) is 18.9 Å². The van der Waals surface area contributed by atoms with Gasteiger partial charge in [0.1, 0.15) is 6.04 Å². The smallest absolute Gasteiger partial charge is 0.328 e. The molecular weight excluding hydrogens is 382 g/mol. The van der Waals surface area contributed by atoms with Gasteiger partial charge in [-0.25, -0.2) is 4.79 Å². The van der Waals surface area contributed by atoms with Crippen LogP contribution >= 0.6 is 15.9 Å². The van der Waals surface area contributed by atoms with Crippen LogP contribution in [0.25, 0.3) is 0 Å². The van der Waals surface area contributed by atoms with E-state index in [0.717, 1.165) is 6.42 Å². The molecule has 1 aromatic carbocycles. The van der Waals surface area contributed by atoms with Crippen molar-refractivity contribution in [1.29, 1.82) is 0 Å². The number of rotatable bonds is 5. The maximum Gasteiger partial charge on any atom is 0.328 e. The molecule has 1 aromatic rings. The lowest BCUT2D eigenvalue weighted by molar-refractivity contribution is -0.145. The minimum absolute atomic E-state index is 0.297. The van der Waals surface area contributed by atoms with Crippen LogP contribution in [0.3, 0.4) is 0 Å². The molecule has 1 saturated heterocycles. The number of hydrogen-bond acceptors (Lipinski definition) is 6. The van der Waals surface area contributed by atoms with Crippen molar-refractivity contribution >= 4 is 27.8 Å². The first-order chi connectivity index (χ1) is 11.5. The van der Waals surface area contributed by atoms with Gasteiger partial charge >= 0.3 is 5.97 Å². The molecule has 8 heteroatoms. The van der Waals surface area contributed by atoms with Crippen LogP contribution in [0.5, 0.6) is 17.2 Å². The number of benzene rings is 1. The van der Waals surface area contributed by atoms with E-state index in [0.29, 0.717) is 40.3 Å². The highest BCUT2D eigenvalue weighted by Gasteiger charge is 2.37. The lowest BCUT2D eigenvalue weighted by Gasteiger charge is -2.24. The van der Waals surface area contributed by atoms with E-state index in [1.807, 2.05) is 0 Å². The van der Waals surface area contributed by atoms with Crippen LogP contribution in [0.4, 0.5) is 0 Å². The van der Waals surface area contributed by atoms with Crippen molar-refractivity contribution in [3.8, 4) is 17.2 Å². The van der Waals surface area contributed by atoms with E-state index in [4.69, 9.17) is 18.9 Å². The number of esters is 1. The van der Waals surface area contributed by atoms with Crippen LogP contribution in [0.1, 0.15) is 23.2 Å². The normalized spacial score (nSPS) is 16.7. The van der Waals surface area contributed by atoms with Gasteiger partial charge < -0.3 is 23.8 Å². The molecule has 0 N–H and O–H groups in total. The Hall–Kier alpha value is -1.96. The average molecular weight is 402 g/mol. The Morgan fingerprint density at radius 2 is 1.79 bits per heavy atom. The third kappa shape index (κ3) is 3.15. The minimum Gasteiger partial charge on any atom is -0.493 e. The molecule has 0 bridgehead atoms. The molecule has 0 saturated carbocycles. The fraction of sp³-hybridized carbons (Fsp3) is 0.500. The Morgan fingerprint density at radius 3 is 2.33 bits per heavy atom. The van der Waals surface area contributed by atoms with Crippen LogP contribution in [-0.4, -0.2) is 57.8 Å². The Kier molecular flexibility index (Phi) is 5.93. The number of carbonyl (C=O) groups excluding carboxylic acids is 2. The van der Waals surface area contributed by atoms with Gasteiger partial charge in [-0.15, -0.1) is 0 Å². The summed E-state index contributed by atoms with van der Waals surface area (Å²) in [5.74, 6) is 0.400.